The third kappa shape index (κ3) is 7.73. The van der Waals surface area contributed by atoms with E-state index in [-0.39, 0.29) is 31.2 Å². The molecule has 2 fully saturated rings. The first-order chi connectivity index (χ1) is 18.7. The highest BCUT2D eigenvalue weighted by atomic mass is 19.4. The molecular weight excluding hydrogens is 543 g/mol. The van der Waals surface area contributed by atoms with E-state index in [1.807, 2.05) is 13.8 Å². The molecule has 220 valence electrons. The predicted molar refractivity (Wildman–Crippen MR) is 134 cm³/mol. The third-order valence-electron chi connectivity index (χ3n) is 7.27. The van der Waals surface area contributed by atoms with Crippen molar-refractivity contribution in [3.63, 3.8) is 0 Å². The summed E-state index contributed by atoms with van der Waals surface area (Å²) in [4.78, 5) is 19.2. The molecule has 0 bridgehead atoms. The first kappa shape index (κ1) is 30.3. The SMILES string of the molecule is C[C@@H]1CN(CCN2CCN(C(=O)c3cc(C(F)(F)F)cc(C(F)(F)F)c3)[C@H](Cc3ccc(F)cc3)C2)C[C@H](C)O1. The molecule has 2 saturated heterocycles. The Morgan fingerprint density at radius 2 is 1.38 bits per heavy atom. The Balaban J connectivity index is 1.56. The predicted octanol–water partition coefficient (Wildman–Crippen LogP) is 5.34. The summed E-state index contributed by atoms with van der Waals surface area (Å²) in [6.45, 7) is 7.88. The van der Waals surface area contributed by atoms with E-state index >= 15 is 0 Å². The van der Waals surface area contributed by atoms with Crippen LogP contribution in [0.3, 0.4) is 0 Å². The summed E-state index contributed by atoms with van der Waals surface area (Å²) in [5.41, 5.74) is -3.04. The van der Waals surface area contributed by atoms with E-state index < -0.39 is 46.8 Å². The summed E-state index contributed by atoms with van der Waals surface area (Å²) in [6.07, 6.45) is -9.66. The van der Waals surface area contributed by atoms with Crippen molar-refractivity contribution in [1.82, 2.24) is 14.7 Å². The Labute approximate surface area is 228 Å². The van der Waals surface area contributed by atoms with Crippen LogP contribution in [0, 0.1) is 5.82 Å². The number of amides is 1. The minimum absolute atomic E-state index is 0.0120. The molecule has 0 aromatic heterocycles. The van der Waals surface area contributed by atoms with Crippen LogP contribution in [-0.2, 0) is 23.5 Å². The van der Waals surface area contributed by atoms with Crippen LogP contribution < -0.4 is 0 Å². The Morgan fingerprint density at radius 3 is 1.93 bits per heavy atom. The Hall–Kier alpha value is -2.70. The lowest BCUT2D eigenvalue weighted by Gasteiger charge is -2.43. The number of hydrogen-bond acceptors (Lipinski definition) is 4. The second kappa shape index (κ2) is 12.0. The zero-order valence-electron chi connectivity index (χ0n) is 22.2. The van der Waals surface area contributed by atoms with Gasteiger partial charge in [0.1, 0.15) is 5.82 Å². The normalized spacial score (nSPS) is 23.4. The van der Waals surface area contributed by atoms with E-state index in [1.165, 1.54) is 17.0 Å². The van der Waals surface area contributed by atoms with E-state index in [9.17, 15) is 35.5 Å². The fourth-order valence-corrected chi connectivity index (χ4v) is 5.45. The molecule has 2 aliphatic heterocycles. The number of nitrogens with zero attached hydrogens (tertiary/aromatic N) is 3. The summed E-state index contributed by atoms with van der Waals surface area (Å²) >= 11 is 0. The minimum Gasteiger partial charge on any atom is -0.373 e. The number of hydrogen-bond donors (Lipinski definition) is 0. The van der Waals surface area contributed by atoms with Crippen LogP contribution in [0.4, 0.5) is 30.7 Å². The smallest absolute Gasteiger partial charge is 0.373 e. The summed E-state index contributed by atoms with van der Waals surface area (Å²) in [6, 6.07) is 6.06. The van der Waals surface area contributed by atoms with Crippen molar-refractivity contribution < 1.29 is 40.3 Å². The van der Waals surface area contributed by atoms with E-state index in [0.29, 0.717) is 37.3 Å². The molecule has 12 heteroatoms. The lowest BCUT2D eigenvalue weighted by molar-refractivity contribution is -0.143. The Morgan fingerprint density at radius 1 is 0.825 bits per heavy atom. The lowest BCUT2D eigenvalue weighted by atomic mass is 9.99. The number of rotatable bonds is 6. The number of morpholine rings is 1. The molecule has 0 N–H and O–H groups in total. The molecule has 5 nitrogen and oxygen atoms in total. The zero-order valence-corrected chi connectivity index (χ0v) is 22.2. The molecule has 1 amide bonds. The fraction of sp³-hybridized carbons (Fsp3) is 0.536. The van der Waals surface area contributed by atoms with Crippen molar-refractivity contribution in [2.75, 3.05) is 45.8 Å². The minimum atomic E-state index is -5.06. The van der Waals surface area contributed by atoms with E-state index in [1.54, 1.807) is 12.1 Å². The molecule has 2 heterocycles. The van der Waals surface area contributed by atoms with Gasteiger partial charge in [0.05, 0.1) is 23.3 Å². The summed E-state index contributed by atoms with van der Waals surface area (Å²) in [7, 11) is 0. The highest BCUT2D eigenvalue weighted by Crippen LogP contribution is 2.37. The quantitative estimate of drug-likeness (QED) is 0.436. The Kier molecular flexibility index (Phi) is 9.11. The molecule has 2 aromatic carbocycles. The van der Waals surface area contributed by atoms with Gasteiger partial charge in [-0.15, -0.1) is 0 Å². The Bertz CT molecular complexity index is 1130. The van der Waals surface area contributed by atoms with E-state index in [0.717, 1.165) is 19.6 Å². The maximum absolute atomic E-state index is 13.5. The lowest BCUT2D eigenvalue weighted by Crippen LogP contribution is -2.57. The molecule has 4 rings (SSSR count). The molecule has 40 heavy (non-hydrogen) atoms. The van der Waals surface area contributed by atoms with Gasteiger partial charge in [0.25, 0.3) is 5.91 Å². The maximum atomic E-state index is 13.5. The zero-order chi connectivity index (χ0) is 29.2. The van der Waals surface area contributed by atoms with Crippen LogP contribution >= 0.6 is 0 Å². The molecule has 0 saturated carbocycles. The monoisotopic (exact) mass is 575 g/mol. The second-order valence-corrected chi connectivity index (χ2v) is 10.6. The number of halogens is 7. The number of piperazine rings is 1. The molecule has 2 aromatic rings. The van der Waals surface area contributed by atoms with Crippen LogP contribution in [-0.4, -0.2) is 84.7 Å². The van der Waals surface area contributed by atoms with Crippen molar-refractivity contribution >= 4 is 5.91 Å². The highest BCUT2D eigenvalue weighted by Gasteiger charge is 2.39. The highest BCUT2D eigenvalue weighted by molar-refractivity contribution is 5.95. The summed E-state index contributed by atoms with van der Waals surface area (Å²) in [5, 5.41) is 0. The van der Waals surface area contributed by atoms with Gasteiger partial charge in [-0.05, 0) is 56.2 Å². The van der Waals surface area contributed by atoms with Crippen molar-refractivity contribution in [3.8, 4) is 0 Å². The molecule has 2 aliphatic rings. The largest absolute Gasteiger partial charge is 0.416 e. The molecular formula is C28H32F7N3O2. The first-order valence-electron chi connectivity index (χ1n) is 13.1. The van der Waals surface area contributed by atoms with Gasteiger partial charge < -0.3 is 9.64 Å². The van der Waals surface area contributed by atoms with Gasteiger partial charge in [-0.25, -0.2) is 4.39 Å². The summed E-state index contributed by atoms with van der Waals surface area (Å²) in [5.74, 6) is -1.35. The number of alkyl halides is 6. The van der Waals surface area contributed by atoms with Crippen molar-refractivity contribution in [3.05, 3.63) is 70.5 Å². The average Bonchev–Trinajstić information content (AvgIpc) is 2.87. The first-order valence-corrected chi connectivity index (χ1v) is 13.1. The number of carbonyl (C=O) groups excluding carboxylic acids is 1. The van der Waals surface area contributed by atoms with Crippen molar-refractivity contribution in [2.45, 2.75) is 50.9 Å². The van der Waals surface area contributed by atoms with Gasteiger partial charge in [-0.3, -0.25) is 14.6 Å². The molecule has 0 aliphatic carbocycles. The third-order valence-corrected chi connectivity index (χ3v) is 7.27. The van der Waals surface area contributed by atoms with Gasteiger partial charge >= 0.3 is 12.4 Å². The van der Waals surface area contributed by atoms with E-state index in [4.69, 9.17) is 4.74 Å². The summed E-state index contributed by atoms with van der Waals surface area (Å²) < 4.78 is 99.9. The molecule has 3 atom stereocenters. The molecule has 0 radical (unpaired) electrons. The van der Waals surface area contributed by atoms with Crippen LogP contribution in [0.15, 0.2) is 42.5 Å². The van der Waals surface area contributed by atoms with Gasteiger partial charge in [0, 0.05) is 57.4 Å². The van der Waals surface area contributed by atoms with Crippen LogP contribution in [0.1, 0.15) is 40.9 Å². The fourth-order valence-electron chi connectivity index (χ4n) is 5.45. The van der Waals surface area contributed by atoms with Crippen LogP contribution in [0.5, 0.6) is 0 Å². The maximum Gasteiger partial charge on any atom is 0.416 e. The topological polar surface area (TPSA) is 36.0 Å². The number of benzene rings is 2. The van der Waals surface area contributed by atoms with Gasteiger partial charge in [-0.2, -0.15) is 26.3 Å². The number of ether oxygens (including phenoxy) is 1. The average molecular weight is 576 g/mol. The van der Waals surface area contributed by atoms with E-state index in [2.05, 4.69) is 9.80 Å². The van der Waals surface area contributed by atoms with Gasteiger partial charge in [0.2, 0.25) is 0 Å². The standard InChI is InChI=1S/C28H32F7N3O2/c1-18-15-37(16-19(2)40-18)8-7-36-9-10-38(25(17-36)11-20-3-5-24(29)6-4-20)26(39)21-12-22(27(30,31)32)14-23(13-21)28(33,34)35/h3-6,12-14,18-19,25H,7-11,15-17H2,1-2H3/t18-,19+,25-/m1/s1. The molecule has 0 unspecified atom stereocenters. The van der Waals surface area contributed by atoms with Crippen molar-refractivity contribution in [1.29, 1.82) is 0 Å². The van der Waals surface area contributed by atoms with Gasteiger partial charge in [0.15, 0.2) is 0 Å². The molecule has 0 spiro atoms. The number of carbonyl (C=O) groups is 1. The van der Waals surface area contributed by atoms with Crippen molar-refractivity contribution in [2.24, 2.45) is 0 Å². The second-order valence-electron chi connectivity index (χ2n) is 10.6. The van der Waals surface area contributed by atoms with Crippen LogP contribution in [0.25, 0.3) is 0 Å². The van der Waals surface area contributed by atoms with Crippen LogP contribution in [0.2, 0.25) is 0 Å². The van der Waals surface area contributed by atoms with Gasteiger partial charge in [-0.1, -0.05) is 12.1 Å².